The minimum absolute atomic E-state index is 0.276. The molecule has 2 N–H and O–H groups in total. The zero-order chi connectivity index (χ0) is 18.0. The van der Waals surface area contributed by atoms with Gasteiger partial charge in [0.15, 0.2) is 0 Å². The van der Waals surface area contributed by atoms with Gasteiger partial charge in [0.2, 0.25) is 5.60 Å². The molecule has 0 aromatic heterocycles. The summed E-state index contributed by atoms with van der Waals surface area (Å²) in [6, 6.07) is 11.7. The van der Waals surface area contributed by atoms with Crippen LogP contribution in [0.4, 0.5) is 13.2 Å². The molecule has 0 aliphatic carbocycles. The molecule has 128 valence electrons. The van der Waals surface area contributed by atoms with Gasteiger partial charge in [-0.05, 0) is 31.0 Å². The molecule has 0 aliphatic rings. The largest absolute Gasteiger partial charge is 0.423 e. The second-order valence-corrected chi connectivity index (χ2v) is 5.73. The maximum Gasteiger partial charge on any atom is 0.423 e. The van der Waals surface area contributed by atoms with Gasteiger partial charge in [0.1, 0.15) is 0 Å². The Hall–Kier alpha value is -2.34. The van der Waals surface area contributed by atoms with Gasteiger partial charge >= 0.3 is 6.18 Å². The number of hydrogen-bond donors (Lipinski definition) is 2. The molecule has 1 unspecified atom stereocenters. The molecule has 0 radical (unpaired) electrons. The molecule has 0 saturated carbocycles. The summed E-state index contributed by atoms with van der Waals surface area (Å²) in [5.41, 5.74) is -1.60. The number of aryl methyl sites for hydroxylation is 2. The fourth-order valence-corrected chi connectivity index (χ4v) is 2.45. The predicted octanol–water partition coefficient (Wildman–Crippen LogP) is 3.48. The van der Waals surface area contributed by atoms with E-state index < -0.39 is 24.2 Å². The Balaban J connectivity index is 2.24. The van der Waals surface area contributed by atoms with Crippen LogP contribution in [0.25, 0.3) is 0 Å². The first-order chi connectivity index (χ1) is 11.1. The minimum atomic E-state index is -4.93. The normalized spacial score (nSPS) is 14.1. The average molecular weight is 337 g/mol. The Morgan fingerprint density at radius 1 is 1.08 bits per heavy atom. The lowest BCUT2D eigenvalue weighted by Crippen LogP contribution is -2.51. The molecule has 0 fully saturated rings. The molecule has 1 amide bonds. The molecule has 2 rings (SSSR count). The van der Waals surface area contributed by atoms with Gasteiger partial charge in [0.05, 0.1) is 6.54 Å². The van der Waals surface area contributed by atoms with Crippen LogP contribution >= 0.6 is 0 Å². The van der Waals surface area contributed by atoms with E-state index in [1.54, 1.807) is 31.2 Å². The van der Waals surface area contributed by atoms with Crippen LogP contribution in [0.2, 0.25) is 0 Å². The standard InChI is InChI=1S/C18H18F3NO2/c1-12-8-9-15(13(2)10-12)16(23)22-11-17(24,18(19,20)21)14-6-4-3-5-7-14/h3-10,24H,11H2,1-2H3,(H,22,23). The molecular weight excluding hydrogens is 319 g/mol. The zero-order valence-electron chi connectivity index (χ0n) is 13.3. The van der Waals surface area contributed by atoms with E-state index in [2.05, 4.69) is 5.32 Å². The second kappa shape index (κ2) is 6.65. The van der Waals surface area contributed by atoms with E-state index in [1.165, 1.54) is 24.3 Å². The first kappa shape index (κ1) is 18.0. The Morgan fingerprint density at radius 2 is 1.71 bits per heavy atom. The van der Waals surface area contributed by atoms with Crippen LogP contribution in [0.5, 0.6) is 0 Å². The van der Waals surface area contributed by atoms with Crippen LogP contribution in [0.1, 0.15) is 27.0 Å². The number of halogens is 3. The number of rotatable bonds is 4. The number of aliphatic hydroxyl groups is 1. The zero-order valence-corrected chi connectivity index (χ0v) is 13.3. The van der Waals surface area contributed by atoms with E-state index in [0.29, 0.717) is 5.56 Å². The molecule has 0 saturated heterocycles. The van der Waals surface area contributed by atoms with Crippen molar-refractivity contribution in [2.75, 3.05) is 6.54 Å². The number of amides is 1. The van der Waals surface area contributed by atoms with Crippen molar-refractivity contribution >= 4 is 5.91 Å². The van der Waals surface area contributed by atoms with Crippen LogP contribution in [0.3, 0.4) is 0 Å². The fourth-order valence-electron chi connectivity index (χ4n) is 2.45. The fraction of sp³-hybridized carbons (Fsp3) is 0.278. The highest BCUT2D eigenvalue weighted by molar-refractivity contribution is 5.95. The van der Waals surface area contributed by atoms with Gasteiger partial charge in [-0.3, -0.25) is 4.79 Å². The van der Waals surface area contributed by atoms with Crippen molar-refractivity contribution in [3.05, 3.63) is 70.8 Å². The lowest BCUT2D eigenvalue weighted by atomic mass is 9.92. The van der Waals surface area contributed by atoms with Gasteiger partial charge in [-0.2, -0.15) is 13.2 Å². The number of carbonyl (C=O) groups is 1. The SMILES string of the molecule is Cc1ccc(C(=O)NCC(O)(c2ccccc2)C(F)(F)F)c(C)c1. The molecule has 0 spiro atoms. The lowest BCUT2D eigenvalue weighted by Gasteiger charge is -2.31. The van der Waals surface area contributed by atoms with Crippen LogP contribution in [-0.4, -0.2) is 23.7 Å². The Kier molecular flexibility index (Phi) is 4.99. The van der Waals surface area contributed by atoms with Crippen LogP contribution in [-0.2, 0) is 5.60 Å². The van der Waals surface area contributed by atoms with E-state index in [4.69, 9.17) is 0 Å². The van der Waals surface area contributed by atoms with Gasteiger partial charge in [-0.15, -0.1) is 0 Å². The minimum Gasteiger partial charge on any atom is -0.375 e. The van der Waals surface area contributed by atoms with Crippen molar-refractivity contribution in [3.8, 4) is 0 Å². The van der Waals surface area contributed by atoms with Crippen molar-refractivity contribution in [2.24, 2.45) is 0 Å². The van der Waals surface area contributed by atoms with Gasteiger partial charge in [-0.25, -0.2) is 0 Å². The lowest BCUT2D eigenvalue weighted by molar-refractivity contribution is -0.263. The molecule has 24 heavy (non-hydrogen) atoms. The summed E-state index contributed by atoms with van der Waals surface area (Å²) >= 11 is 0. The molecule has 3 nitrogen and oxygen atoms in total. The van der Waals surface area contributed by atoms with E-state index >= 15 is 0 Å². The van der Waals surface area contributed by atoms with Crippen molar-refractivity contribution in [1.82, 2.24) is 5.32 Å². The van der Waals surface area contributed by atoms with Crippen molar-refractivity contribution in [2.45, 2.75) is 25.6 Å². The third-order valence-electron chi connectivity index (χ3n) is 3.85. The van der Waals surface area contributed by atoms with Crippen LogP contribution in [0.15, 0.2) is 48.5 Å². The topological polar surface area (TPSA) is 49.3 Å². The number of nitrogens with one attached hydrogen (secondary N) is 1. The Labute approximate surface area is 138 Å². The first-order valence-corrected chi connectivity index (χ1v) is 7.35. The van der Waals surface area contributed by atoms with Crippen molar-refractivity contribution in [3.63, 3.8) is 0 Å². The highest BCUT2D eigenvalue weighted by Crippen LogP contribution is 2.38. The van der Waals surface area contributed by atoms with E-state index in [-0.39, 0.29) is 11.1 Å². The number of alkyl halides is 3. The molecule has 0 aliphatic heterocycles. The van der Waals surface area contributed by atoms with E-state index in [0.717, 1.165) is 5.56 Å². The van der Waals surface area contributed by atoms with Gasteiger partial charge in [0, 0.05) is 5.56 Å². The average Bonchev–Trinajstić information content (AvgIpc) is 2.52. The Morgan fingerprint density at radius 3 is 2.25 bits per heavy atom. The molecule has 0 bridgehead atoms. The van der Waals surface area contributed by atoms with Gasteiger partial charge < -0.3 is 10.4 Å². The molecule has 1 atom stereocenters. The molecule has 0 heterocycles. The summed E-state index contributed by atoms with van der Waals surface area (Å²) in [5.74, 6) is -0.661. The molecular formula is C18H18F3NO2. The summed E-state index contributed by atoms with van der Waals surface area (Å²) in [4.78, 5) is 12.2. The Bertz CT molecular complexity index is 729. The van der Waals surface area contributed by atoms with Gasteiger partial charge in [-0.1, -0.05) is 48.0 Å². The third kappa shape index (κ3) is 3.59. The maximum absolute atomic E-state index is 13.4. The summed E-state index contributed by atoms with van der Waals surface area (Å²) in [7, 11) is 0. The van der Waals surface area contributed by atoms with Crippen molar-refractivity contribution < 1.29 is 23.1 Å². The number of hydrogen-bond acceptors (Lipinski definition) is 2. The highest BCUT2D eigenvalue weighted by atomic mass is 19.4. The number of benzene rings is 2. The second-order valence-electron chi connectivity index (χ2n) is 5.73. The molecule has 6 heteroatoms. The van der Waals surface area contributed by atoms with E-state index in [9.17, 15) is 23.1 Å². The predicted molar refractivity (Wildman–Crippen MR) is 84.6 cm³/mol. The van der Waals surface area contributed by atoms with Crippen LogP contribution in [0, 0.1) is 13.8 Å². The van der Waals surface area contributed by atoms with Gasteiger partial charge in [0.25, 0.3) is 5.91 Å². The summed E-state index contributed by atoms with van der Waals surface area (Å²) in [6.45, 7) is 2.59. The first-order valence-electron chi connectivity index (χ1n) is 7.35. The summed E-state index contributed by atoms with van der Waals surface area (Å²) in [6.07, 6.45) is -4.93. The maximum atomic E-state index is 13.4. The number of carbonyl (C=O) groups excluding carboxylic acids is 1. The summed E-state index contributed by atoms with van der Waals surface area (Å²) < 4.78 is 40.1. The highest BCUT2D eigenvalue weighted by Gasteiger charge is 2.55. The molecule has 2 aromatic carbocycles. The van der Waals surface area contributed by atoms with E-state index in [1.807, 2.05) is 6.92 Å². The monoisotopic (exact) mass is 337 g/mol. The van der Waals surface area contributed by atoms with Crippen molar-refractivity contribution in [1.29, 1.82) is 0 Å². The van der Waals surface area contributed by atoms with Crippen LogP contribution < -0.4 is 5.32 Å². The molecule has 2 aromatic rings. The summed E-state index contributed by atoms with van der Waals surface area (Å²) in [5, 5.41) is 12.4. The smallest absolute Gasteiger partial charge is 0.375 e. The quantitative estimate of drug-likeness (QED) is 0.897. The third-order valence-corrected chi connectivity index (χ3v) is 3.85.